The Morgan fingerprint density at radius 1 is 1.18 bits per heavy atom. The summed E-state index contributed by atoms with van der Waals surface area (Å²) in [4.78, 5) is 22.3. The molecule has 2 N–H and O–H groups in total. The van der Waals surface area contributed by atoms with E-state index in [-0.39, 0.29) is 12.1 Å². The quantitative estimate of drug-likeness (QED) is 0.386. The molecule has 1 aromatic carbocycles. The third kappa shape index (κ3) is 7.67. The lowest BCUT2D eigenvalue weighted by atomic mass is 10.0. The number of carbonyl (C=O) groups excluding carboxylic acids is 1. The molecule has 0 fully saturated rings. The molecule has 0 unspecified atom stereocenters. The number of likely N-dealkylation sites (N-methyl/N-ethyl adjacent to an activating group) is 1. The highest BCUT2D eigenvalue weighted by Crippen LogP contribution is 2.30. The van der Waals surface area contributed by atoms with E-state index < -0.39 is 17.6 Å². The van der Waals surface area contributed by atoms with Gasteiger partial charge >= 0.3 is 6.18 Å². The second kappa shape index (κ2) is 12.5. The van der Waals surface area contributed by atoms with Crippen molar-refractivity contribution in [2.75, 3.05) is 12.4 Å². The Balaban J connectivity index is 1.61. The minimum atomic E-state index is -4.54. The number of anilines is 1. The summed E-state index contributed by atoms with van der Waals surface area (Å²) in [5, 5.41) is 5.62. The van der Waals surface area contributed by atoms with Crippen LogP contribution in [0.1, 0.15) is 23.6 Å². The van der Waals surface area contributed by atoms with E-state index in [2.05, 4.69) is 33.8 Å². The molecular weight excluding hydrogens is 491 g/mol. The molecular formula is C29H28F3N5O. The number of benzene rings is 1. The highest BCUT2D eigenvalue weighted by molar-refractivity contribution is 6.10. The van der Waals surface area contributed by atoms with E-state index in [1.807, 2.05) is 61.5 Å². The second-order valence-corrected chi connectivity index (χ2v) is 8.27. The number of nitrogens with one attached hydrogen (secondary N) is 2. The summed E-state index contributed by atoms with van der Waals surface area (Å²) in [6.07, 6.45) is 10.4. The zero-order valence-corrected chi connectivity index (χ0v) is 21.1. The maximum Gasteiger partial charge on any atom is 0.417 e. The molecule has 1 aliphatic rings. The summed E-state index contributed by atoms with van der Waals surface area (Å²) in [6, 6.07) is 8.10. The largest absolute Gasteiger partial charge is 0.417 e. The molecule has 0 saturated carbocycles. The van der Waals surface area contributed by atoms with Gasteiger partial charge in [-0.2, -0.15) is 13.2 Å². The van der Waals surface area contributed by atoms with Gasteiger partial charge in [0.05, 0.1) is 35.3 Å². The van der Waals surface area contributed by atoms with Crippen LogP contribution >= 0.6 is 0 Å². The molecule has 0 atom stereocenters. The van der Waals surface area contributed by atoms with Gasteiger partial charge in [0.25, 0.3) is 0 Å². The van der Waals surface area contributed by atoms with Crippen molar-refractivity contribution in [2.24, 2.45) is 4.99 Å². The predicted molar refractivity (Wildman–Crippen MR) is 146 cm³/mol. The number of hydrogen-bond donors (Lipinski definition) is 2. The molecule has 6 nitrogen and oxygen atoms in total. The summed E-state index contributed by atoms with van der Waals surface area (Å²) in [5.74, 6) is -0.0179. The van der Waals surface area contributed by atoms with Gasteiger partial charge < -0.3 is 15.5 Å². The van der Waals surface area contributed by atoms with Crippen LogP contribution in [0.15, 0.2) is 115 Å². The Labute approximate surface area is 220 Å². The summed E-state index contributed by atoms with van der Waals surface area (Å²) in [6.45, 7) is 9.72. The number of aromatic nitrogens is 1. The van der Waals surface area contributed by atoms with Gasteiger partial charge in [-0.15, -0.1) is 0 Å². The maximum absolute atomic E-state index is 12.9. The number of nitrogens with zero attached hydrogens (tertiary/aromatic N) is 3. The van der Waals surface area contributed by atoms with Gasteiger partial charge in [-0.1, -0.05) is 49.6 Å². The van der Waals surface area contributed by atoms with Crippen molar-refractivity contribution in [3.63, 3.8) is 0 Å². The number of alkyl halides is 3. The van der Waals surface area contributed by atoms with Gasteiger partial charge in [-0.25, -0.2) is 4.99 Å². The molecule has 1 aromatic heterocycles. The van der Waals surface area contributed by atoms with Crippen LogP contribution in [0.4, 0.5) is 18.9 Å². The first-order valence-corrected chi connectivity index (χ1v) is 11.6. The van der Waals surface area contributed by atoms with Crippen molar-refractivity contribution in [3.8, 4) is 0 Å². The molecule has 9 heteroatoms. The SMILES string of the molecule is C=C/C(NC(=C)/N=C\C(=C/C)c1ccc(CC(=O)Nc2cncc(C(F)(F)F)c2)cc1)=C1/C=CC=CN1C. The van der Waals surface area contributed by atoms with Gasteiger partial charge in [0.2, 0.25) is 5.91 Å². The van der Waals surface area contributed by atoms with Crippen LogP contribution in [0.2, 0.25) is 0 Å². The molecule has 0 saturated heterocycles. The van der Waals surface area contributed by atoms with E-state index in [1.165, 1.54) is 6.20 Å². The van der Waals surface area contributed by atoms with Crippen LogP contribution in [-0.4, -0.2) is 29.1 Å². The number of amides is 1. The van der Waals surface area contributed by atoms with Crippen molar-refractivity contribution in [1.82, 2.24) is 15.2 Å². The van der Waals surface area contributed by atoms with Crippen molar-refractivity contribution < 1.29 is 18.0 Å². The van der Waals surface area contributed by atoms with Gasteiger partial charge in [0.15, 0.2) is 0 Å². The molecule has 0 radical (unpaired) electrons. The van der Waals surface area contributed by atoms with Crippen LogP contribution in [-0.2, 0) is 17.4 Å². The Hall–Kier alpha value is -4.66. The lowest BCUT2D eigenvalue weighted by Crippen LogP contribution is -2.19. The molecule has 0 aliphatic carbocycles. The lowest BCUT2D eigenvalue weighted by Gasteiger charge is -2.21. The first kappa shape index (κ1) is 27.9. The van der Waals surface area contributed by atoms with Crippen LogP contribution in [0.5, 0.6) is 0 Å². The Bertz CT molecular complexity index is 1350. The van der Waals surface area contributed by atoms with Gasteiger partial charge in [-0.3, -0.25) is 9.78 Å². The molecule has 1 aliphatic heterocycles. The number of rotatable bonds is 9. The van der Waals surface area contributed by atoms with Crippen molar-refractivity contribution in [1.29, 1.82) is 0 Å². The highest BCUT2D eigenvalue weighted by Gasteiger charge is 2.31. The molecule has 1 amide bonds. The summed E-state index contributed by atoms with van der Waals surface area (Å²) < 4.78 is 38.6. The zero-order valence-electron chi connectivity index (χ0n) is 21.1. The van der Waals surface area contributed by atoms with E-state index in [9.17, 15) is 18.0 Å². The normalized spacial score (nSPS) is 15.0. The molecule has 196 valence electrons. The first-order valence-electron chi connectivity index (χ1n) is 11.6. The van der Waals surface area contributed by atoms with E-state index in [0.717, 1.165) is 28.6 Å². The fourth-order valence-corrected chi connectivity index (χ4v) is 3.54. The molecule has 0 bridgehead atoms. The average Bonchev–Trinajstić information content (AvgIpc) is 2.88. The Kier molecular flexibility index (Phi) is 9.21. The van der Waals surface area contributed by atoms with Crippen LogP contribution < -0.4 is 10.6 Å². The average molecular weight is 520 g/mol. The second-order valence-electron chi connectivity index (χ2n) is 8.27. The summed E-state index contributed by atoms with van der Waals surface area (Å²) in [5.41, 5.74) is 3.16. The van der Waals surface area contributed by atoms with Crippen LogP contribution in [0.25, 0.3) is 5.57 Å². The van der Waals surface area contributed by atoms with Crippen LogP contribution in [0, 0.1) is 0 Å². The van der Waals surface area contributed by atoms with E-state index in [0.29, 0.717) is 17.6 Å². The topological polar surface area (TPSA) is 69.6 Å². The van der Waals surface area contributed by atoms with Crippen molar-refractivity contribution in [2.45, 2.75) is 19.5 Å². The molecule has 2 aromatic rings. The smallest absolute Gasteiger partial charge is 0.349 e. The Morgan fingerprint density at radius 2 is 1.92 bits per heavy atom. The fraction of sp³-hybridized carbons (Fsp3) is 0.138. The molecule has 38 heavy (non-hydrogen) atoms. The van der Waals surface area contributed by atoms with Gasteiger partial charge in [0.1, 0.15) is 5.82 Å². The third-order valence-corrected chi connectivity index (χ3v) is 5.49. The molecule has 0 spiro atoms. The zero-order chi connectivity index (χ0) is 27.7. The summed E-state index contributed by atoms with van der Waals surface area (Å²) >= 11 is 0. The minimum Gasteiger partial charge on any atom is -0.349 e. The minimum absolute atomic E-state index is 0.00636. The number of carbonyl (C=O) groups is 1. The Morgan fingerprint density at radius 3 is 2.55 bits per heavy atom. The molecule has 3 rings (SSSR count). The highest BCUT2D eigenvalue weighted by atomic mass is 19.4. The first-order chi connectivity index (χ1) is 18.1. The number of allylic oxidation sites excluding steroid dienone is 6. The summed E-state index contributed by atoms with van der Waals surface area (Å²) in [7, 11) is 1.93. The third-order valence-electron chi connectivity index (χ3n) is 5.49. The maximum atomic E-state index is 12.9. The monoisotopic (exact) mass is 519 g/mol. The van der Waals surface area contributed by atoms with Crippen LogP contribution in [0.3, 0.4) is 0 Å². The van der Waals surface area contributed by atoms with Gasteiger partial charge in [-0.05, 0) is 47.9 Å². The number of pyridine rings is 1. The van der Waals surface area contributed by atoms with E-state index in [4.69, 9.17) is 0 Å². The van der Waals surface area contributed by atoms with Gasteiger partial charge in [0, 0.05) is 25.7 Å². The van der Waals surface area contributed by atoms with Crippen molar-refractivity contribution >= 4 is 23.4 Å². The van der Waals surface area contributed by atoms with E-state index in [1.54, 1.807) is 24.4 Å². The van der Waals surface area contributed by atoms with E-state index >= 15 is 0 Å². The standard InChI is InChI=1S/C29H28F3N5O/c1-5-22(17-34-20(3)35-26(6-2)27-9-7-8-14-37(27)4)23-12-10-21(11-13-23)15-28(38)36-25-16-24(18-33-19-25)29(30,31)32/h5-14,16-19,35H,2-3,15H2,1,4H3,(H,36,38)/b22-5+,27-26+,34-17-. The fourth-order valence-electron chi connectivity index (χ4n) is 3.54. The lowest BCUT2D eigenvalue weighted by molar-refractivity contribution is -0.137. The molecule has 2 heterocycles. The number of halogens is 3. The van der Waals surface area contributed by atoms with Crippen molar-refractivity contribution in [3.05, 3.63) is 126 Å². The predicted octanol–water partition coefficient (Wildman–Crippen LogP) is 6.23. The number of aliphatic imine (C=N–C) groups is 1. The number of hydrogen-bond acceptors (Lipinski definition) is 5.